The van der Waals surface area contributed by atoms with Gasteiger partial charge in [0.25, 0.3) is 5.92 Å². The van der Waals surface area contributed by atoms with Crippen molar-refractivity contribution in [2.24, 2.45) is 17.6 Å². The summed E-state index contributed by atoms with van der Waals surface area (Å²) in [6, 6.07) is 0. The predicted octanol–water partition coefficient (Wildman–Crippen LogP) is 1.70. The van der Waals surface area contributed by atoms with E-state index in [-0.39, 0.29) is 18.3 Å². The Morgan fingerprint density at radius 1 is 1.33 bits per heavy atom. The Morgan fingerprint density at radius 2 is 2.13 bits per heavy atom. The molecule has 2 nitrogen and oxygen atoms in total. The van der Waals surface area contributed by atoms with Crippen LogP contribution in [0.4, 0.5) is 8.78 Å². The molecule has 2 N–H and O–H groups in total. The lowest BCUT2D eigenvalue weighted by Crippen LogP contribution is -2.37. The maximum absolute atomic E-state index is 13.6. The highest BCUT2D eigenvalue weighted by atomic mass is 19.3. The molecular formula is C11H20F2N2. The first-order valence-electron chi connectivity index (χ1n) is 5.94. The van der Waals surface area contributed by atoms with Crippen LogP contribution in [-0.4, -0.2) is 37.0 Å². The second-order valence-corrected chi connectivity index (χ2v) is 4.92. The first kappa shape index (κ1) is 11.3. The van der Waals surface area contributed by atoms with Crippen LogP contribution < -0.4 is 5.73 Å². The Labute approximate surface area is 89.8 Å². The lowest BCUT2D eigenvalue weighted by molar-refractivity contribution is -0.0945. The van der Waals surface area contributed by atoms with E-state index in [0.717, 1.165) is 25.9 Å². The van der Waals surface area contributed by atoms with E-state index < -0.39 is 5.92 Å². The van der Waals surface area contributed by atoms with Gasteiger partial charge in [-0.3, -0.25) is 0 Å². The van der Waals surface area contributed by atoms with E-state index in [1.165, 1.54) is 0 Å². The van der Waals surface area contributed by atoms with Gasteiger partial charge in [-0.05, 0) is 38.3 Å². The van der Waals surface area contributed by atoms with E-state index in [4.69, 9.17) is 5.73 Å². The van der Waals surface area contributed by atoms with Gasteiger partial charge in [0.05, 0.1) is 0 Å². The molecule has 88 valence electrons. The molecule has 0 aromatic carbocycles. The monoisotopic (exact) mass is 218 g/mol. The molecule has 15 heavy (non-hydrogen) atoms. The molecular weight excluding hydrogens is 198 g/mol. The van der Waals surface area contributed by atoms with E-state index in [2.05, 4.69) is 4.90 Å². The van der Waals surface area contributed by atoms with Gasteiger partial charge in [-0.2, -0.15) is 0 Å². The smallest absolute Gasteiger partial charge is 0.252 e. The largest absolute Gasteiger partial charge is 0.330 e. The van der Waals surface area contributed by atoms with Crippen LogP contribution in [0.25, 0.3) is 0 Å². The van der Waals surface area contributed by atoms with Gasteiger partial charge < -0.3 is 10.6 Å². The van der Waals surface area contributed by atoms with Gasteiger partial charge in [0.15, 0.2) is 0 Å². The van der Waals surface area contributed by atoms with Crippen LogP contribution in [0.1, 0.15) is 25.7 Å². The average Bonchev–Trinajstić information content (AvgIpc) is 2.59. The zero-order chi connectivity index (χ0) is 10.9. The number of hydrogen-bond acceptors (Lipinski definition) is 2. The summed E-state index contributed by atoms with van der Waals surface area (Å²) in [6.45, 7) is 2.99. The summed E-state index contributed by atoms with van der Waals surface area (Å²) in [5.74, 6) is -2.57. The molecule has 1 saturated carbocycles. The Kier molecular flexibility index (Phi) is 3.26. The van der Waals surface area contributed by atoms with E-state index in [0.29, 0.717) is 19.5 Å². The maximum Gasteiger partial charge on any atom is 0.252 e. The van der Waals surface area contributed by atoms with Crippen molar-refractivity contribution in [2.75, 3.05) is 26.2 Å². The Bertz CT molecular complexity index is 221. The van der Waals surface area contributed by atoms with Gasteiger partial charge in [0.1, 0.15) is 0 Å². The summed E-state index contributed by atoms with van der Waals surface area (Å²) >= 11 is 0. The SMILES string of the molecule is NCCCN1C[C@@H]2CCCC(F)(F)[C@H]2C1. The minimum absolute atomic E-state index is 0.0961. The summed E-state index contributed by atoms with van der Waals surface area (Å²) in [6.07, 6.45) is 2.70. The molecule has 0 radical (unpaired) electrons. The number of rotatable bonds is 3. The van der Waals surface area contributed by atoms with Crippen LogP contribution in [0, 0.1) is 11.8 Å². The summed E-state index contributed by atoms with van der Waals surface area (Å²) < 4.78 is 27.2. The zero-order valence-electron chi connectivity index (χ0n) is 9.09. The Balaban J connectivity index is 1.93. The predicted molar refractivity (Wildman–Crippen MR) is 55.9 cm³/mol. The first-order chi connectivity index (χ1) is 7.13. The van der Waals surface area contributed by atoms with Gasteiger partial charge in [-0.1, -0.05) is 0 Å². The second kappa shape index (κ2) is 4.34. The van der Waals surface area contributed by atoms with E-state index >= 15 is 0 Å². The van der Waals surface area contributed by atoms with Crippen molar-refractivity contribution >= 4 is 0 Å². The summed E-state index contributed by atoms with van der Waals surface area (Å²) in [5, 5.41) is 0. The number of alkyl halides is 2. The van der Waals surface area contributed by atoms with E-state index in [1.54, 1.807) is 0 Å². The van der Waals surface area contributed by atoms with Gasteiger partial charge in [0, 0.05) is 25.4 Å². The van der Waals surface area contributed by atoms with E-state index in [9.17, 15) is 8.78 Å². The fourth-order valence-corrected chi connectivity index (χ4v) is 3.01. The molecule has 0 unspecified atom stereocenters. The second-order valence-electron chi connectivity index (χ2n) is 4.92. The van der Waals surface area contributed by atoms with Gasteiger partial charge in [-0.25, -0.2) is 8.78 Å². The third-order valence-corrected chi connectivity index (χ3v) is 3.82. The van der Waals surface area contributed by atoms with Gasteiger partial charge >= 0.3 is 0 Å². The lowest BCUT2D eigenvalue weighted by atomic mass is 9.79. The van der Waals surface area contributed by atoms with Gasteiger partial charge in [0.2, 0.25) is 0 Å². The fraction of sp³-hybridized carbons (Fsp3) is 1.00. The summed E-state index contributed by atoms with van der Waals surface area (Å²) in [4.78, 5) is 2.17. The van der Waals surface area contributed by atoms with Gasteiger partial charge in [-0.15, -0.1) is 0 Å². The minimum atomic E-state index is -2.42. The van der Waals surface area contributed by atoms with Crippen LogP contribution in [0.3, 0.4) is 0 Å². The van der Waals surface area contributed by atoms with Crippen molar-refractivity contribution in [1.29, 1.82) is 0 Å². The van der Waals surface area contributed by atoms with Crippen LogP contribution in [0.15, 0.2) is 0 Å². The van der Waals surface area contributed by atoms with E-state index in [1.807, 2.05) is 0 Å². The van der Waals surface area contributed by atoms with Crippen molar-refractivity contribution in [2.45, 2.75) is 31.6 Å². The third kappa shape index (κ3) is 2.31. The highest BCUT2D eigenvalue weighted by molar-refractivity contribution is 4.95. The Hall–Kier alpha value is -0.220. The molecule has 0 bridgehead atoms. The molecule has 2 aliphatic rings. The lowest BCUT2D eigenvalue weighted by Gasteiger charge is -2.32. The molecule has 0 spiro atoms. The molecule has 2 rings (SSSR count). The average molecular weight is 218 g/mol. The minimum Gasteiger partial charge on any atom is -0.330 e. The number of nitrogens with zero attached hydrogens (tertiary/aromatic N) is 1. The topological polar surface area (TPSA) is 29.3 Å². The van der Waals surface area contributed by atoms with Crippen molar-refractivity contribution in [1.82, 2.24) is 4.90 Å². The summed E-state index contributed by atoms with van der Waals surface area (Å²) in [5.41, 5.74) is 5.43. The highest BCUT2D eigenvalue weighted by Crippen LogP contribution is 2.45. The van der Waals surface area contributed by atoms with Crippen LogP contribution in [0.5, 0.6) is 0 Å². The molecule has 1 aliphatic heterocycles. The maximum atomic E-state index is 13.6. The van der Waals surface area contributed by atoms with Crippen molar-refractivity contribution in [3.63, 3.8) is 0 Å². The van der Waals surface area contributed by atoms with Crippen molar-refractivity contribution in [3.8, 4) is 0 Å². The standard InChI is InChI=1S/C11H20F2N2/c12-11(13)4-1-3-9-7-15(6-2-5-14)8-10(9)11/h9-10H,1-8,14H2/t9-,10-/m0/s1. The van der Waals surface area contributed by atoms with Crippen LogP contribution >= 0.6 is 0 Å². The number of halogens is 2. The molecule has 2 atom stereocenters. The Morgan fingerprint density at radius 3 is 2.80 bits per heavy atom. The quantitative estimate of drug-likeness (QED) is 0.781. The molecule has 1 heterocycles. The van der Waals surface area contributed by atoms with Crippen LogP contribution in [-0.2, 0) is 0 Å². The van der Waals surface area contributed by atoms with Crippen molar-refractivity contribution in [3.05, 3.63) is 0 Å². The number of hydrogen-bond donors (Lipinski definition) is 1. The molecule has 0 aromatic rings. The molecule has 2 fully saturated rings. The molecule has 0 aromatic heterocycles. The van der Waals surface area contributed by atoms with Crippen LogP contribution in [0.2, 0.25) is 0 Å². The normalized spacial score (nSPS) is 35.4. The highest BCUT2D eigenvalue weighted by Gasteiger charge is 2.50. The number of fused-ring (bicyclic) bond motifs is 1. The molecule has 1 aliphatic carbocycles. The zero-order valence-corrected chi connectivity index (χ0v) is 9.09. The molecule has 1 saturated heterocycles. The molecule has 0 amide bonds. The fourth-order valence-electron chi connectivity index (χ4n) is 3.01. The third-order valence-electron chi connectivity index (χ3n) is 3.82. The summed E-state index contributed by atoms with van der Waals surface area (Å²) in [7, 11) is 0. The first-order valence-corrected chi connectivity index (χ1v) is 5.94. The van der Waals surface area contributed by atoms with Crippen molar-refractivity contribution < 1.29 is 8.78 Å². The number of nitrogens with two attached hydrogens (primary N) is 1. The number of likely N-dealkylation sites (tertiary alicyclic amines) is 1. The molecule has 4 heteroatoms.